The van der Waals surface area contributed by atoms with Gasteiger partial charge < -0.3 is 8.98 Å². The Morgan fingerprint density at radius 2 is 1.79 bits per heavy atom. The summed E-state index contributed by atoms with van der Waals surface area (Å²) in [7, 11) is 0. The van der Waals surface area contributed by atoms with E-state index in [2.05, 4.69) is 10.9 Å². The third kappa shape index (κ3) is 3.53. The maximum atomic E-state index is 12.6. The van der Waals surface area contributed by atoms with Crippen molar-refractivity contribution in [3.8, 4) is 5.69 Å². The molecule has 2 amide bonds. The quantitative estimate of drug-likeness (QED) is 0.537. The standard InChI is InChI=1S/C22H19N3O3/c1-15-8-9-17-16(14-28-20(17)12-15)13-21(26)23-24-22(27)18-6-2-3-7-19(18)25-10-4-5-11-25/h2-12,14H,13H2,1H3,(H,23,26)(H,24,27). The van der Waals surface area contributed by atoms with Crippen LogP contribution in [0, 0.1) is 6.92 Å². The van der Waals surface area contributed by atoms with Crippen molar-refractivity contribution in [2.75, 3.05) is 0 Å². The van der Waals surface area contributed by atoms with Gasteiger partial charge in [0.2, 0.25) is 5.91 Å². The van der Waals surface area contributed by atoms with E-state index < -0.39 is 0 Å². The Labute approximate surface area is 161 Å². The summed E-state index contributed by atoms with van der Waals surface area (Å²) >= 11 is 0. The van der Waals surface area contributed by atoms with Gasteiger partial charge in [0, 0.05) is 23.3 Å². The van der Waals surface area contributed by atoms with Crippen molar-refractivity contribution in [1.82, 2.24) is 15.4 Å². The van der Waals surface area contributed by atoms with E-state index in [-0.39, 0.29) is 18.2 Å². The van der Waals surface area contributed by atoms with Crippen LogP contribution in [0.2, 0.25) is 0 Å². The number of para-hydroxylation sites is 1. The van der Waals surface area contributed by atoms with E-state index >= 15 is 0 Å². The first-order chi connectivity index (χ1) is 13.6. The normalized spacial score (nSPS) is 10.8. The van der Waals surface area contributed by atoms with Crippen LogP contribution in [-0.2, 0) is 11.2 Å². The molecule has 0 saturated heterocycles. The van der Waals surface area contributed by atoms with E-state index in [0.29, 0.717) is 5.56 Å². The molecule has 28 heavy (non-hydrogen) atoms. The van der Waals surface area contributed by atoms with Crippen molar-refractivity contribution in [2.45, 2.75) is 13.3 Å². The fraction of sp³-hybridized carbons (Fsp3) is 0.0909. The van der Waals surface area contributed by atoms with Crippen molar-refractivity contribution >= 4 is 22.8 Å². The molecule has 0 spiro atoms. The number of rotatable bonds is 4. The molecule has 2 N–H and O–H groups in total. The molecule has 140 valence electrons. The zero-order valence-electron chi connectivity index (χ0n) is 15.3. The molecule has 2 aromatic heterocycles. The van der Waals surface area contributed by atoms with Crippen molar-refractivity contribution in [3.05, 3.63) is 89.9 Å². The fourth-order valence-corrected chi connectivity index (χ4v) is 3.12. The third-order valence-electron chi connectivity index (χ3n) is 4.51. The predicted octanol–water partition coefficient (Wildman–Crippen LogP) is 3.54. The lowest BCUT2D eigenvalue weighted by Crippen LogP contribution is -2.42. The lowest BCUT2D eigenvalue weighted by atomic mass is 10.1. The molecule has 0 bridgehead atoms. The van der Waals surface area contributed by atoms with Crippen LogP contribution in [0.3, 0.4) is 0 Å². The number of furan rings is 1. The molecule has 2 aromatic carbocycles. The molecule has 0 aliphatic carbocycles. The number of nitrogens with zero attached hydrogens (tertiary/aromatic N) is 1. The predicted molar refractivity (Wildman–Crippen MR) is 106 cm³/mol. The Morgan fingerprint density at radius 3 is 2.61 bits per heavy atom. The second-order valence-electron chi connectivity index (χ2n) is 6.55. The highest BCUT2D eigenvalue weighted by molar-refractivity contribution is 5.99. The van der Waals surface area contributed by atoms with E-state index in [9.17, 15) is 9.59 Å². The summed E-state index contributed by atoms with van der Waals surface area (Å²) in [5, 5.41) is 0.894. The number of aromatic nitrogens is 1. The third-order valence-corrected chi connectivity index (χ3v) is 4.51. The average Bonchev–Trinajstić information content (AvgIpc) is 3.36. The summed E-state index contributed by atoms with van der Waals surface area (Å²) in [5.74, 6) is -0.708. The minimum Gasteiger partial charge on any atom is -0.464 e. The van der Waals surface area contributed by atoms with Gasteiger partial charge in [0.1, 0.15) is 5.58 Å². The Hall–Kier alpha value is -3.80. The van der Waals surface area contributed by atoms with E-state index in [1.165, 1.54) is 0 Å². The molecule has 2 heterocycles. The van der Waals surface area contributed by atoms with Crippen LogP contribution in [0.15, 0.2) is 77.7 Å². The lowest BCUT2D eigenvalue weighted by Gasteiger charge is -2.11. The smallest absolute Gasteiger partial charge is 0.271 e. The van der Waals surface area contributed by atoms with Gasteiger partial charge in [0.25, 0.3) is 5.91 Å². The number of amides is 2. The number of carbonyl (C=O) groups is 2. The minimum atomic E-state index is -0.384. The number of aryl methyl sites for hydroxylation is 1. The first-order valence-electron chi connectivity index (χ1n) is 8.90. The zero-order chi connectivity index (χ0) is 19.5. The highest BCUT2D eigenvalue weighted by atomic mass is 16.3. The Kier molecular flexibility index (Phi) is 4.68. The largest absolute Gasteiger partial charge is 0.464 e. The summed E-state index contributed by atoms with van der Waals surface area (Å²) in [6, 6.07) is 16.8. The summed E-state index contributed by atoms with van der Waals surface area (Å²) < 4.78 is 7.36. The maximum absolute atomic E-state index is 12.6. The SMILES string of the molecule is Cc1ccc2c(CC(=O)NNC(=O)c3ccccc3-n3cccc3)coc2c1. The molecule has 4 aromatic rings. The van der Waals surface area contributed by atoms with Crippen LogP contribution in [0.1, 0.15) is 21.5 Å². The van der Waals surface area contributed by atoms with Gasteiger partial charge in [-0.3, -0.25) is 20.4 Å². The summed E-state index contributed by atoms with van der Waals surface area (Å²) in [4.78, 5) is 24.9. The second kappa shape index (κ2) is 7.44. The van der Waals surface area contributed by atoms with Crippen LogP contribution in [0.4, 0.5) is 0 Å². The van der Waals surface area contributed by atoms with Crippen LogP contribution in [0.5, 0.6) is 0 Å². The zero-order valence-corrected chi connectivity index (χ0v) is 15.3. The molecule has 0 aliphatic rings. The molecule has 0 radical (unpaired) electrons. The molecule has 0 saturated carbocycles. The first-order valence-corrected chi connectivity index (χ1v) is 8.90. The van der Waals surface area contributed by atoms with Gasteiger partial charge in [0.15, 0.2) is 0 Å². The van der Waals surface area contributed by atoms with Crippen LogP contribution >= 0.6 is 0 Å². The number of hydrazine groups is 1. The van der Waals surface area contributed by atoms with Crippen molar-refractivity contribution in [1.29, 1.82) is 0 Å². The highest BCUT2D eigenvalue weighted by Gasteiger charge is 2.14. The van der Waals surface area contributed by atoms with Gasteiger partial charge in [-0.2, -0.15) is 0 Å². The van der Waals surface area contributed by atoms with Gasteiger partial charge in [-0.05, 0) is 42.8 Å². The number of fused-ring (bicyclic) bond motifs is 1. The lowest BCUT2D eigenvalue weighted by molar-refractivity contribution is -0.121. The molecular formula is C22H19N3O3. The monoisotopic (exact) mass is 373 g/mol. The minimum absolute atomic E-state index is 0.107. The molecule has 6 heteroatoms. The van der Waals surface area contributed by atoms with Crippen molar-refractivity contribution in [3.63, 3.8) is 0 Å². The Balaban J connectivity index is 1.43. The molecule has 6 nitrogen and oxygen atoms in total. The average molecular weight is 373 g/mol. The molecule has 0 aliphatic heterocycles. The molecule has 0 unspecified atom stereocenters. The topological polar surface area (TPSA) is 76.3 Å². The van der Waals surface area contributed by atoms with E-state index in [0.717, 1.165) is 27.8 Å². The Bertz CT molecular complexity index is 1140. The van der Waals surface area contributed by atoms with Gasteiger partial charge in [-0.1, -0.05) is 24.3 Å². The van der Waals surface area contributed by atoms with Gasteiger partial charge in [-0.15, -0.1) is 0 Å². The van der Waals surface area contributed by atoms with E-state index in [1.54, 1.807) is 18.4 Å². The Morgan fingerprint density at radius 1 is 1.00 bits per heavy atom. The number of benzene rings is 2. The summed E-state index contributed by atoms with van der Waals surface area (Å²) in [5.41, 5.74) is 8.76. The van der Waals surface area contributed by atoms with Crippen LogP contribution < -0.4 is 10.9 Å². The van der Waals surface area contributed by atoms with Gasteiger partial charge >= 0.3 is 0 Å². The number of hydrogen-bond donors (Lipinski definition) is 2. The summed E-state index contributed by atoms with van der Waals surface area (Å²) in [6.07, 6.45) is 5.40. The van der Waals surface area contributed by atoms with Crippen molar-refractivity contribution < 1.29 is 14.0 Å². The number of nitrogens with one attached hydrogen (secondary N) is 2. The van der Waals surface area contributed by atoms with E-state index in [4.69, 9.17) is 4.42 Å². The molecular weight excluding hydrogens is 354 g/mol. The van der Waals surface area contributed by atoms with Gasteiger partial charge in [-0.25, -0.2) is 0 Å². The summed E-state index contributed by atoms with van der Waals surface area (Å²) in [6.45, 7) is 1.98. The van der Waals surface area contributed by atoms with Crippen LogP contribution in [0.25, 0.3) is 16.7 Å². The van der Waals surface area contributed by atoms with Gasteiger partial charge in [0.05, 0.1) is 23.9 Å². The number of hydrogen-bond acceptors (Lipinski definition) is 3. The first kappa shape index (κ1) is 17.6. The molecule has 0 fully saturated rings. The van der Waals surface area contributed by atoms with Crippen molar-refractivity contribution in [2.24, 2.45) is 0 Å². The van der Waals surface area contributed by atoms with E-state index in [1.807, 2.05) is 66.3 Å². The second-order valence-corrected chi connectivity index (χ2v) is 6.55. The highest BCUT2D eigenvalue weighted by Crippen LogP contribution is 2.22. The molecule has 4 rings (SSSR count). The molecule has 0 atom stereocenters. The fourth-order valence-electron chi connectivity index (χ4n) is 3.12. The number of carbonyl (C=O) groups excluding carboxylic acids is 2. The van der Waals surface area contributed by atoms with Crippen LogP contribution in [-0.4, -0.2) is 16.4 Å². The maximum Gasteiger partial charge on any atom is 0.271 e.